The first kappa shape index (κ1) is 14.3. The number of imidazole rings is 1. The summed E-state index contributed by atoms with van der Waals surface area (Å²) < 4.78 is 1.07. The third-order valence-electron chi connectivity index (χ3n) is 3.10. The molecule has 0 aliphatic heterocycles. The molecular weight excluding hydrogens is 302 g/mol. The predicted octanol–water partition coefficient (Wildman–Crippen LogP) is 4.19. The molecule has 1 atom stereocenters. The number of aromatic nitrogens is 2. The molecule has 3 N–H and O–H groups in total. The average Bonchev–Trinajstić information content (AvgIpc) is 2.72. The van der Waals surface area contributed by atoms with E-state index in [0.717, 1.165) is 33.7 Å². The maximum absolute atomic E-state index is 6.18. The highest BCUT2D eigenvalue weighted by atomic mass is 79.9. The van der Waals surface area contributed by atoms with Gasteiger partial charge in [-0.15, -0.1) is 0 Å². The monoisotopic (exact) mass is 321 g/mol. The number of nitrogens with zero attached hydrogens (tertiary/aromatic N) is 1. The Balaban J connectivity index is 2.28. The molecule has 0 saturated carbocycles. The van der Waals surface area contributed by atoms with Crippen molar-refractivity contribution in [1.29, 1.82) is 0 Å². The maximum atomic E-state index is 6.18. The van der Waals surface area contributed by atoms with Crippen LogP contribution in [0.1, 0.15) is 37.8 Å². The second-order valence-corrected chi connectivity index (χ2v) is 6.25. The van der Waals surface area contributed by atoms with Gasteiger partial charge in [0.2, 0.25) is 0 Å². The zero-order valence-electron chi connectivity index (χ0n) is 11.6. The molecule has 0 saturated heterocycles. The molecule has 1 aromatic carbocycles. The number of hydrogen-bond acceptors (Lipinski definition) is 2. The molecule has 102 valence electrons. The van der Waals surface area contributed by atoms with Crippen LogP contribution in [0.15, 0.2) is 28.7 Å². The van der Waals surface area contributed by atoms with Gasteiger partial charge in [-0.05, 0) is 31.4 Å². The van der Waals surface area contributed by atoms with Crippen LogP contribution >= 0.6 is 15.9 Å². The quantitative estimate of drug-likeness (QED) is 0.886. The van der Waals surface area contributed by atoms with Crippen LogP contribution < -0.4 is 5.73 Å². The molecule has 4 heteroatoms. The molecule has 1 unspecified atom stereocenters. The first-order chi connectivity index (χ1) is 8.97. The summed E-state index contributed by atoms with van der Waals surface area (Å²) in [5, 5.41) is 0. The number of H-pyrrole nitrogens is 1. The minimum atomic E-state index is -0.0251. The number of aromatic amines is 1. The fraction of sp³-hybridized carbons (Fsp3) is 0.400. The summed E-state index contributed by atoms with van der Waals surface area (Å²) in [7, 11) is 0. The largest absolute Gasteiger partial charge is 0.344 e. The fourth-order valence-corrected chi connectivity index (χ4v) is 2.43. The van der Waals surface area contributed by atoms with Crippen LogP contribution in [0.25, 0.3) is 11.3 Å². The topological polar surface area (TPSA) is 54.7 Å². The van der Waals surface area contributed by atoms with E-state index in [1.807, 2.05) is 19.1 Å². The molecule has 2 aromatic rings. The van der Waals surface area contributed by atoms with Gasteiger partial charge in [-0.2, -0.15) is 0 Å². The molecule has 1 aromatic heterocycles. The third kappa shape index (κ3) is 3.45. The molecule has 19 heavy (non-hydrogen) atoms. The molecule has 0 bridgehead atoms. The highest BCUT2D eigenvalue weighted by Crippen LogP contribution is 2.25. The molecule has 0 fully saturated rings. The number of rotatable bonds is 4. The van der Waals surface area contributed by atoms with E-state index in [0.29, 0.717) is 5.92 Å². The van der Waals surface area contributed by atoms with Crippen LogP contribution in [0.2, 0.25) is 0 Å². The Bertz CT molecular complexity index is 543. The van der Waals surface area contributed by atoms with Gasteiger partial charge in [0.15, 0.2) is 0 Å². The van der Waals surface area contributed by atoms with E-state index in [1.165, 1.54) is 0 Å². The molecule has 3 nitrogen and oxygen atoms in total. The number of hydrogen-bond donors (Lipinski definition) is 2. The second-order valence-electron chi connectivity index (χ2n) is 5.34. The SMILES string of the molecule is Cc1[nH]c(C(N)CC(C)C)nc1-c1ccc(Br)cc1. The summed E-state index contributed by atoms with van der Waals surface area (Å²) in [5.41, 5.74) is 9.34. The van der Waals surface area contributed by atoms with E-state index in [2.05, 4.69) is 51.9 Å². The second kappa shape index (κ2) is 5.88. The minimum absolute atomic E-state index is 0.0251. The Hall–Kier alpha value is -1.13. The van der Waals surface area contributed by atoms with Gasteiger partial charge in [-0.1, -0.05) is 41.9 Å². The van der Waals surface area contributed by atoms with Crippen molar-refractivity contribution in [3.63, 3.8) is 0 Å². The standard InChI is InChI=1S/C15H20BrN3/c1-9(2)8-13(17)15-18-10(3)14(19-15)11-4-6-12(16)7-5-11/h4-7,9,13H,8,17H2,1-3H3,(H,18,19). The fourth-order valence-electron chi connectivity index (χ4n) is 2.17. The van der Waals surface area contributed by atoms with Gasteiger partial charge in [0.05, 0.1) is 11.7 Å². The van der Waals surface area contributed by atoms with Gasteiger partial charge in [0.1, 0.15) is 5.82 Å². The third-order valence-corrected chi connectivity index (χ3v) is 3.63. The normalized spacial score (nSPS) is 12.9. The Morgan fingerprint density at radius 1 is 1.26 bits per heavy atom. The van der Waals surface area contributed by atoms with E-state index >= 15 is 0 Å². The van der Waals surface area contributed by atoms with E-state index in [-0.39, 0.29) is 6.04 Å². The van der Waals surface area contributed by atoms with Gasteiger partial charge in [0.25, 0.3) is 0 Å². The van der Waals surface area contributed by atoms with E-state index in [4.69, 9.17) is 5.73 Å². The van der Waals surface area contributed by atoms with Gasteiger partial charge >= 0.3 is 0 Å². The Labute approximate surface area is 122 Å². The number of nitrogens with two attached hydrogens (primary N) is 1. The summed E-state index contributed by atoms with van der Waals surface area (Å²) in [4.78, 5) is 7.98. The zero-order valence-corrected chi connectivity index (χ0v) is 13.2. The average molecular weight is 322 g/mol. The van der Waals surface area contributed by atoms with Gasteiger partial charge in [0, 0.05) is 15.7 Å². The molecule has 1 heterocycles. The van der Waals surface area contributed by atoms with Crippen LogP contribution in [0.4, 0.5) is 0 Å². The van der Waals surface area contributed by atoms with Crippen molar-refractivity contribution in [1.82, 2.24) is 9.97 Å². The van der Waals surface area contributed by atoms with Gasteiger partial charge < -0.3 is 10.7 Å². The maximum Gasteiger partial charge on any atom is 0.124 e. The summed E-state index contributed by atoms with van der Waals surface area (Å²) in [6.45, 7) is 6.38. The van der Waals surface area contributed by atoms with E-state index < -0.39 is 0 Å². The van der Waals surface area contributed by atoms with Crippen LogP contribution in [0.5, 0.6) is 0 Å². The molecule has 0 aliphatic rings. The number of halogens is 1. The molecule has 0 spiro atoms. The Morgan fingerprint density at radius 2 is 1.89 bits per heavy atom. The molecular formula is C15H20BrN3. The van der Waals surface area contributed by atoms with E-state index in [1.54, 1.807) is 0 Å². The van der Waals surface area contributed by atoms with Gasteiger partial charge in [-0.3, -0.25) is 0 Å². The minimum Gasteiger partial charge on any atom is -0.344 e. The van der Waals surface area contributed by atoms with E-state index in [9.17, 15) is 0 Å². The lowest BCUT2D eigenvalue weighted by Crippen LogP contribution is -2.14. The summed E-state index contributed by atoms with van der Waals surface area (Å²) in [6.07, 6.45) is 0.937. The molecule has 0 amide bonds. The van der Waals surface area contributed by atoms with Crippen molar-refractivity contribution < 1.29 is 0 Å². The van der Waals surface area contributed by atoms with Crippen molar-refractivity contribution in [2.24, 2.45) is 11.7 Å². The lowest BCUT2D eigenvalue weighted by Gasteiger charge is -2.10. The van der Waals surface area contributed by atoms with Crippen molar-refractivity contribution in [2.75, 3.05) is 0 Å². The smallest absolute Gasteiger partial charge is 0.124 e. The van der Waals surface area contributed by atoms with Crippen molar-refractivity contribution in [2.45, 2.75) is 33.2 Å². The summed E-state index contributed by atoms with van der Waals surface area (Å²) in [6, 6.07) is 8.15. The van der Waals surface area contributed by atoms with Crippen molar-refractivity contribution in [3.8, 4) is 11.3 Å². The number of aryl methyl sites for hydroxylation is 1. The van der Waals surface area contributed by atoms with Crippen molar-refractivity contribution in [3.05, 3.63) is 40.3 Å². The lowest BCUT2D eigenvalue weighted by atomic mass is 10.0. The molecule has 0 radical (unpaired) electrons. The zero-order chi connectivity index (χ0) is 14.0. The Kier molecular flexibility index (Phi) is 4.42. The lowest BCUT2D eigenvalue weighted by molar-refractivity contribution is 0.495. The highest BCUT2D eigenvalue weighted by molar-refractivity contribution is 9.10. The predicted molar refractivity (Wildman–Crippen MR) is 82.8 cm³/mol. The summed E-state index contributed by atoms with van der Waals surface area (Å²) in [5.74, 6) is 1.45. The number of nitrogens with one attached hydrogen (secondary N) is 1. The summed E-state index contributed by atoms with van der Waals surface area (Å²) >= 11 is 3.44. The number of benzene rings is 1. The van der Waals surface area contributed by atoms with Gasteiger partial charge in [-0.25, -0.2) is 4.98 Å². The van der Waals surface area contributed by atoms with Crippen molar-refractivity contribution >= 4 is 15.9 Å². The molecule has 0 aliphatic carbocycles. The van der Waals surface area contributed by atoms with Crippen LogP contribution in [-0.4, -0.2) is 9.97 Å². The highest BCUT2D eigenvalue weighted by Gasteiger charge is 2.15. The Morgan fingerprint density at radius 3 is 2.47 bits per heavy atom. The van der Waals surface area contributed by atoms with Crippen LogP contribution in [0, 0.1) is 12.8 Å². The van der Waals surface area contributed by atoms with Crippen LogP contribution in [-0.2, 0) is 0 Å². The first-order valence-electron chi connectivity index (χ1n) is 6.55. The first-order valence-corrected chi connectivity index (χ1v) is 7.34. The molecule has 2 rings (SSSR count). The van der Waals surface area contributed by atoms with Crippen LogP contribution in [0.3, 0.4) is 0 Å².